The van der Waals surface area contributed by atoms with Gasteiger partial charge < -0.3 is 4.90 Å². The van der Waals surface area contributed by atoms with E-state index in [1.54, 1.807) is 6.08 Å². The van der Waals surface area contributed by atoms with E-state index in [-0.39, 0.29) is 5.57 Å². The minimum atomic E-state index is 0.109. The molecule has 248 valence electrons. The van der Waals surface area contributed by atoms with Gasteiger partial charge in [0.15, 0.2) is 0 Å². The van der Waals surface area contributed by atoms with Gasteiger partial charge in [-0.3, -0.25) is 0 Å². The summed E-state index contributed by atoms with van der Waals surface area (Å²) < 4.78 is 0. The van der Waals surface area contributed by atoms with Gasteiger partial charge in [-0.15, -0.1) is 0 Å². The molecule has 0 heterocycles. The van der Waals surface area contributed by atoms with Crippen molar-refractivity contribution in [3.8, 4) is 12.1 Å². The molecule has 51 heavy (non-hydrogen) atoms. The van der Waals surface area contributed by atoms with Crippen LogP contribution in [0.4, 0.5) is 17.1 Å². The summed E-state index contributed by atoms with van der Waals surface area (Å²) in [6.45, 7) is 0. The van der Waals surface area contributed by atoms with E-state index in [1.807, 2.05) is 12.1 Å². The van der Waals surface area contributed by atoms with Crippen LogP contribution in [-0.2, 0) is 0 Å². The Morgan fingerprint density at radius 2 is 0.941 bits per heavy atom. The minimum Gasteiger partial charge on any atom is -0.310 e. The highest BCUT2D eigenvalue weighted by molar-refractivity contribution is 6.34. The summed E-state index contributed by atoms with van der Waals surface area (Å²) in [5.74, 6) is 1.34. The molecule has 2 fully saturated rings. The maximum Gasteiger partial charge on any atom is 0.130 e. The Balaban J connectivity index is 1.23. The van der Waals surface area contributed by atoms with Crippen LogP contribution in [0.15, 0.2) is 115 Å². The molecule has 0 aromatic heterocycles. The van der Waals surface area contributed by atoms with Crippen LogP contribution in [-0.4, -0.2) is 0 Å². The quantitative estimate of drug-likeness (QED) is 0.101. The standard InChI is InChI=1S/C48H41N3/c49-30-32(31-50)29-37-21-26-43-44-27-28-46(45-16-8-15-42(48(44)45)41-14-7-13-40(37)47(41)43)51(38-22-17-35(18-23-38)33-9-3-1-4-10-33)39-24-19-36(20-25-39)34-11-5-2-6-12-34/h7-8,13-29,33-34H,1-6,9-12H2. The maximum absolute atomic E-state index is 9.49. The molecule has 2 aliphatic rings. The molecule has 0 radical (unpaired) electrons. The van der Waals surface area contributed by atoms with E-state index in [0.29, 0.717) is 11.8 Å². The zero-order chi connectivity index (χ0) is 34.3. The monoisotopic (exact) mass is 659 g/mol. The largest absolute Gasteiger partial charge is 0.310 e. The first-order valence-corrected chi connectivity index (χ1v) is 18.9. The summed E-state index contributed by atoms with van der Waals surface area (Å²) >= 11 is 0. The van der Waals surface area contributed by atoms with Crippen LogP contribution in [0.3, 0.4) is 0 Å². The number of rotatable bonds is 6. The van der Waals surface area contributed by atoms with Crippen LogP contribution in [0.1, 0.15) is 92.7 Å². The molecule has 2 saturated carbocycles. The summed E-state index contributed by atoms with van der Waals surface area (Å²) in [5.41, 5.74) is 7.48. The topological polar surface area (TPSA) is 50.8 Å². The summed E-state index contributed by atoms with van der Waals surface area (Å²) in [6.07, 6.45) is 15.0. The molecule has 0 bridgehead atoms. The summed E-state index contributed by atoms with van der Waals surface area (Å²) in [7, 11) is 0. The fourth-order valence-electron chi connectivity index (χ4n) is 9.37. The Kier molecular flexibility index (Phi) is 8.14. The molecule has 3 heteroatoms. The molecular formula is C48H41N3. The van der Waals surface area contributed by atoms with Crippen LogP contribution in [0.25, 0.3) is 49.2 Å². The van der Waals surface area contributed by atoms with Gasteiger partial charge in [0.25, 0.3) is 0 Å². The van der Waals surface area contributed by atoms with Gasteiger partial charge in [0, 0.05) is 16.8 Å². The fraction of sp³-hybridized carbons (Fsp3) is 0.250. The lowest BCUT2D eigenvalue weighted by atomic mass is 9.84. The zero-order valence-electron chi connectivity index (χ0n) is 29.0. The average Bonchev–Trinajstić information content (AvgIpc) is 3.21. The average molecular weight is 660 g/mol. The summed E-state index contributed by atoms with van der Waals surface area (Å²) in [6, 6.07) is 44.9. The molecule has 7 aromatic carbocycles. The van der Waals surface area contributed by atoms with Crippen molar-refractivity contribution in [2.24, 2.45) is 0 Å². The van der Waals surface area contributed by atoms with Gasteiger partial charge >= 0.3 is 0 Å². The van der Waals surface area contributed by atoms with Crippen LogP contribution < -0.4 is 4.90 Å². The Hall–Kier alpha value is -5.64. The number of nitrogens with zero attached hydrogens (tertiary/aromatic N) is 3. The molecule has 7 aromatic rings. The second kappa shape index (κ2) is 13.2. The molecule has 0 aliphatic heterocycles. The van der Waals surface area contributed by atoms with Gasteiger partial charge in [-0.25, -0.2) is 0 Å². The van der Waals surface area contributed by atoms with Crippen molar-refractivity contribution in [2.45, 2.75) is 76.0 Å². The molecule has 2 aliphatic carbocycles. The lowest BCUT2D eigenvalue weighted by Crippen LogP contribution is -2.12. The third-order valence-corrected chi connectivity index (χ3v) is 11.9. The second-order valence-corrected chi connectivity index (χ2v) is 14.8. The number of nitriles is 2. The first-order valence-electron chi connectivity index (χ1n) is 18.9. The van der Waals surface area contributed by atoms with Gasteiger partial charge in [0.1, 0.15) is 17.7 Å². The number of benzene rings is 7. The smallest absolute Gasteiger partial charge is 0.130 e. The van der Waals surface area contributed by atoms with Crippen molar-refractivity contribution in [2.75, 3.05) is 4.90 Å². The van der Waals surface area contributed by atoms with E-state index >= 15 is 0 Å². The lowest BCUT2D eigenvalue weighted by Gasteiger charge is -2.29. The van der Waals surface area contributed by atoms with Gasteiger partial charge in [-0.2, -0.15) is 10.5 Å². The lowest BCUT2D eigenvalue weighted by molar-refractivity contribution is 0.443. The molecule has 0 amide bonds. The van der Waals surface area contributed by atoms with Gasteiger partial charge in [-0.1, -0.05) is 117 Å². The number of hydrogen-bond donors (Lipinski definition) is 0. The predicted octanol–water partition coefficient (Wildman–Crippen LogP) is 13.7. The summed E-state index contributed by atoms with van der Waals surface area (Å²) in [4.78, 5) is 2.47. The van der Waals surface area contributed by atoms with Crippen molar-refractivity contribution in [1.29, 1.82) is 10.5 Å². The Morgan fingerprint density at radius 1 is 0.490 bits per heavy atom. The minimum absolute atomic E-state index is 0.109. The second-order valence-electron chi connectivity index (χ2n) is 14.8. The molecule has 0 unspecified atom stereocenters. The highest BCUT2D eigenvalue weighted by Crippen LogP contribution is 2.47. The summed E-state index contributed by atoms with van der Waals surface area (Å²) in [5, 5.41) is 28.5. The van der Waals surface area contributed by atoms with Crippen LogP contribution in [0, 0.1) is 22.7 Å². The van der Waals surface area contributed by atoms with Crippen molar-refractivity contribution in [3.05, 3.63) is 131 Å². The highest BCUT2D eigenvalue weighted by Gasteiger charge is 2.22. The third-order valence-electron chi connectivity index (χ3n) is 11.9. The van der Waals surface area contributed by atoms with Crippen molar-refractivity contribution in [3.63, 3.8) is 0 Å². The molecule has 0 saturated heterocycles. The van der Waals surface area contributed by atoms with Crippen molar-refractivity contribution in [1.82, 2.24) is 0 Å². The van der Waals surface area contributed by atoms with Gasteiger partial charge in [0.2, 0.25) is 0 Å². The highest BCUT2D eigenvalue weighted by atomic mass is 15.1. The maximum atomic E-state index is 9.49. The van der Waals surface area contributed by atoms with Crippen molar-refractivity contribution >= 4 is 66.2 Å². The number of anilines is 3. The van der Waals surface area contributed by atoms with E-state index in [4.69, 9.17) is 0 Å². The molecular weight excluding hydrogens is 619 g/mol. The fourth-order valence-corrected chi connectivity index (χ4v) is 9.37. The first kappa shape index (κ1) is 31.3. The molecule has 0 atom stereocenters. The van der Waals surface area contributed by atoms with E-state index in [0.717, 1.165) is 10.9 Å². The number of hydrogen-bond acceptors (Lipinski definition) is 3. The zero-order valence-corrected chi connectivity index (χ0v) is 29.0. The Labute approximate surface area is 300 Å². The molecule has 9 rings (SSSR count). The molecule has 3 nitrogen and oxygen atoms in total. The van der Waals surface area contributed by atoms with E-state index in [1.165, 1.54) is 130 Å². The third kappa shape index (κ3) is 5.49. The van der Waals surface area contributed by atoms with Crippen molar-refractivity contribution < 1.29 is 0 Å². The van der Waals surface area contributed by atoms with E-state index < -0.39 is 0 Å². The number of fused-ring (bicyclic) bond motifs is 2. The normalized spacial score (nSPS) is 15.6. The predicted molar refractivity (Wildman–Crippen MR) is 213 cm³/mol. The number of allylic oxidation sites excluding steroid dienone is 1. The van der Waals surface area contributed by atoms with Crippen LogP contribution in [0.5, 0.6) is 0 Å². The van der Waals surface area contributed by atoms with Crippen LogP contribution in [0.2, 0.25) is 0 Å². The van der Waals surface area contributed by atoms with Gasteiger partial charge in [0.05, 0.1) is 5.69 Å². The Bertz CT molecular complexity index is 2400. The van der Waals surface area contributed by atoms with E-state index in [2.05, 4.69) is 114 Å². The molecule has 0 spiro atoms. The van der Waals surface area contributed by atoms with Crippen LogP contribution >= 0.6 is 0 Å². The first-order chi connectivity index (χ1) is 25.2. The van der Waals surface area contributed by atoms with Gasteiger partial charge in [-0.05, 0) is 128 Å². The Morgan fingerprint density at radius 3 is 1.47 bits per heavy atom. The van der Waals surface area contributed by atoms with E-state index in [9.17, 15) is 10.5 Å². The SMILES string of the molecule is N#CC(C#N)=Cc1ccc2c3ccc(N(c4ccc(C5CCCCC5)cc4)c4ccc(C5CCCCC5)cc4)c4cccc(c5cccc1c52)c43. The molecule has 0 N–H and O–H groups in total.